The minimum Gasteiger partial charge on any atom is -0.480 e. The first kappa shape index (κ1) is 15.9. The van der Waals surface area contributed by atoms with Crippen LogP contribution >= 0.6 is 0 Å². The summed E-state index contributed by atoms with van der Waals surface area (Å²) in [5.41, 5.74) is 6.61. The quantitative estimate of drug-likeness (QED) is 0.748. The Morgan fingerprint density at radius 2 is 2.20 bits per heavy atom. The summed E-state index contributed by atoms with van der Waals surface area (Å²) in [6.45, 7) is 2.17. The third-order valence-electron chi connectivity index (χ3n) is 2.87. The van der Waals surface area contributed by atoms with Crippen molar-refractivity contribution in [1.82, 2.24) is 9.88 Å². The van der Waals surface area contributed by atoms with Crippen LogP contribution in [0.3, 0.4) is 0 Å². The summed E-state index contributed by atoms with van der Waals surface area (Å²) in [5, 5.41) is 8.78. The Morgan fingerprint density at radius 1 is 1.45 bits per heavy atom. The monoisotopic (exact) mass is 279 g/mol. The van der Waals surface area contributed by atoms with Crippen LogP contribution in [0.15, 0.2) is 18.3 Å². The Kier molecular flexibility index (Phi) is 6.49. The maximum absolute atomic E-state index is 12.0. The molecule has 0 aromatic carbocycles. The molecule has 1 aromatic heterocycles. The number of amides is 1. The summed E-state index contributed by atoms with van der Waals surface area (Å²) in [4.78, 5) is 28.0. The van der Waals surface area contributed by atoms with Gasteiger partial charge in [-0.15, -0.1) is 0 Å². The number of nitrogens with zero attached hydrogens (tertiary/aromatic N) is 2. The number of nitrogens with two attached hydrogens (primary N) is 1. The molecule has 0 unspecified atom stereocenters. The van der Waals surface area contributed by atoms with Gasteiger partial charge in [-0.1, -0.05) is 6.92 Å². The summed E-state index contributed by atoms with van der Waals surface area (Å²) >= 11 is 0. The van der Waals surface area contributed by atoms with Gasteiger partial charge in [0.25, 0.3) is 0 Å². The van der Waals surface area contributed by atoms with Gasteiger partial charge < -0.3 is 15.7 Å². The minimum absolute atomic E-state index is 0.115. The molecule has 6 nitrogen and oxygen atoms in total. The number of aromatic nitrogens is 1. The summed E-state index contributed by atoms with van der Waals surface area (Å²) in [5.74, 6) is -0.628. The van der Waals surface area contributed by atoms with Crippen LogP contribution < -0.4 is 5.73 Å². The average molecular weight is 279 g/mol. The standard InChI is InChI=1S/C14H21N3O3/c1-2-8-17(10-14(19)20)13(18)5-3-4-11-6-7-16-12(15)9-11/h6-7,9H,2-5,8,10H2,1H3,(H2,15,16)(H,19,20). The number of nitrogen functional groups attached to an aromatic ring is 1. The van der Waals surface area contributed by atoms with Crippen molar-refractivity contribution in [1.29, 1.82) is 0 Å². The number of carbonyl (C=O) groups is 2. The molecule has 1 rings (SSSR count). The molecule has 0 atom stereocenters. The van der Waals surface area contributed by atoms with Crippen molar-refractivity contribution < 1.29 is 14.7 Å². The number of rotatable bonds is 8. The fraction of sp³-hybridized carbons (Fsp3) is 0.500. The van der Waals surface area contributed by atoms with E-state index in [9.17, 15) is 9.59 Å². The fourth-order valence-electron chi connectivity index (χ4n) is 1.98. The second-order valence-corrected chi connectivity index (χ2v) is 4.65. The van der Waals surface area contributed by atoms with Crippen LogP contribution in [-0.2, 0) is 16.0 Å². The Balaban J connectivity index is 2.42. The highest BCUT2D eigenvalue weighted by molar-refractivity contribution is 5.81. The van der Waals surface area contributed by atoms with E-state index < -0.39 is 5.97 Å². The number of carbonyl (C=O) groups excluding carboxylic acids is 1. The Labute approximate surface area is 118 Å². The Hall–Kier alpha value is -2.11. The maximum atomic E-state index is 12.0. The van der Waals surface area contributed by atoms with Crippen molar-refractivity contribution in [2.24, 2.45) is 0 Å². The molecule has 1 heterocycles. The molecule has 6 heteroatoms. The molecule has 0 radical (unpaired) electrons. The molecular weight excluding hydrogens is 258 g/mol. The fourth-order valence-corrected chi connectivity index (χ4v) is 1.98. The van der Waals surface area contributed by atoms with Gasteiger partial charge in [0.05, 0.1) is 0 Å². The van der Waals surface area contributed by atoms with Crippen molar-refractivity contribution in [2.45, 2.75) is 32.6 Å². The maximum Gasteiger partial charge on any atom is 0.323 e. The lowest BCUT2D eigenvalue weighted by molar-refractivity contribution is -0.144. The summed E-state index contributed by atoms with van der Waals surface area (Å²) < 4.78 is 0. The van der Waals surface area contributed by atoms with Gasteiger partial charge in [0, 0.05) is 19.2 Å². The molecule has 0 spiro atoms. The lowest BCUT2D eigenvalue weighted by atomic mass is 10.1. The van der Waals surface area contributed by atoms with E-state index in [0.717, 1.165) is 18.4 Å². The second-order valence-electron chi connectivity index (χ2n) is 4.65. The molecule has 1 aromatic rings. The number of hydrogen-bond donors (Lipinski definition) is 2. The van der Waals surface area contributed by atoms with Crippen LogP contribution in [-0.4, -0.2) is 40.0 Å². The van der Waals surface area contributed by atoms with E-state index >= 15 is 0 Å². The van der Waals surface area contributed by atoms with Gasteiger partial charge in [-0.3, -0.25) is 9.59 Å². The molecule has 0 aliphatic rings. The van der Waals surface area contributed by atoms with Crippen LogP contribution in [0.25, 0.3) is 0 Å². The van der Waals surface area contributed by atoms with Crippen molar-refractivity contribution in [3.63, 3.8) is 0 Å². The SMILES string of the molecule is CCCN(CC(=O)O)C(=O)CCCc1ccnc(N)c1. The first-order valence-corrected chi connectivity index (χ1v) is 6.73. The Morgan fingerprint density at radius 3 is 2.80 bits per heavy atom. The number of carboxylic acids is 1. The van der Waals surface area contributed by atoms with Gasteiger partial charge in [0.15, 0.2) is 0 Å². The summed E-state index contributed by atoms with van der Waals surface area (Å²) in [6, 6.07) is 3.65. The van der Waals surface area contributed by atoms with Crippen molar-refractivity contribution >= 4 is 17.7 Å². The third-order valence-corrected chi connectivity index (χ3v) is 2.87. The zero-order chi connectivity index (χ0) is 15.0. The van der Waals surface area contributed by atoms with Gasteiger partial charge in [0.1, 0.15) is 12.4 Å². The minimum atomic E-state index is -0.978. The van der Waals surface area contributed by atoms with Crippen LogP contribution in [0, 0.1) is 0 Å². The normalized spacial score (nSPS) is 10.2. The van der Waals surface area contributed by atoms with E-state index in [1.165, 1.54) is 4.90 Å². The van der Waals surface area contributed by atoms with E-state index in [1.54, 1.807) is 12.3 Å². The van der Waals surface area contributed by atoms with E-state index in [1.807, 2.05) is 13.0 Å². The summed E-state index contributed by atoms with van der Waals surface area (Å²) in [6.07, 6.45) is 4.13. The highest BCUT2D eigenvalue weighted by Gasteiger charge is 2.15. The molecule has 0 aliphatic carbocycles. The molecule has 20 heavy (non-hydrogen) atoms. The van der Waals surface area contributed by atoms with Gasteiger partial charge in [-0.25, -0.2) is 4.98 Å². The number of carboxylic acid groups (broad SMARTS) is 1. The van der Waals surface area contributed by atoms with Gasteiger partial charge in [-0.2, -0.15) is 0 Å². The van der Waals surface area contributed by atoms with E-state index in [-0.39, 0.29) is 12.5 Å². The first-order chi connectivity index (χ1) is 9.52. The number of pyridine rings is 1. The lowest BCUT2D eigenvalue weighted by Gasteiger charge is -2.19. The zero-order valence-electron chi connectivity index (χ0n) is 11.7. The number of hydrogen-bond acceptors (Lipinski definition) is 4. The molecule has 0 fully saturated rings. The van der Waals surface area contributed by atoms with Crippen LogP contribution in [0.1, 0.15) is 31.7 Å². The lowest BCUT2D eigenvalue weighted by Crippen LogP contribution is -2.36. The van der Waals surface area contributed by atoms with Gasteiger partial charge >= 0.3 is 5.97 Å². The van der Waals surface area contributed by atoms with Gasteiger partial charge in [-0.05, 0) is 37.0 Å². The molecule has 3 N–H and O–H groups in total. The first-order valence-electron chi connectivity index (χ1n) is 6.73. The number of aryl methyl sites for hydroxylation is 1. The van der Waals surface area contributed by atoms with Gasteiger partial charge in [0.2, 0.25) is 5.91 Å². The second kappa shape index (κ2) is 8.14. The largest absolute Gasteiger partial charge is 0.480 e. The highest BCUT2D eigenvalue weighted by Crippen LogP contribution is 2.08. The number of anilines is 1. The molecule has 0 aliphatic heterocycles. The third kappa shape index (κ3) is 5.69. The number of aliphatic carboxylic acids is 1. The predicted molar refractivity (Wildman–Crippen MR) is 76.1 cm³/mol. The predicted octanol–water partition coefficient (Wildman–Crippen LogP) is 1.31. The van der Waals surface area contributed by atoms with Crippen LogP contribution in [0.5, 0.6) is 0 Å². The smallest absolute Gasteiger partial charge is 0.323 e. The molecule has 0 saturated carbocycles. The van der Waals surface area contributed by atoms with E-state index in [0.29, 0.717) is 25.2 Å². The average Bonchev–Trinajstić information content (AvgIpc) is 2.37. The van der Waals surface area contributed by atoms with Crippen LogP contribution in [0.4, 0.5) is 5.82 Å². The van der Waals surface area contributed by atoms with Crippen molar-refractivity contribution in [3.05, 3.63) is 23.9 Å². The topological polar surface area (TPSA) is 96.5 Å². The molecule has 0 bridgehead atoms. The Bertz CT molecular complexity index is 463. The zero-order valence-corrected chi connectivity index (χ0v) is 11.7. The van der Waals surface area contributed by atoms with E-state index in [2.05, 4.69) is 4.98 Å². The van der Waals surface area contributed by atoms with E-state index in [4.69, 9.17) is 10.8 Å². The molecule has 110 valence electrons. The molecular formula is C14H21N3O3. The summed E-state index contributed by atoms with van der Waals surface area (Å²) in [7, 11) is 0. The highest BCUT2D eigenvalue weighted by atomic mass is 16.4. The van der Waals surface area contributed by atoms with Crippen molar-refractivity contribution in [3.8, 4) is 0 Å². The van der Waals surface area contributed by atoms with Crippen molar-refractivity contribution in [2.75, 3.05) is 18.8 Å². The molecule has 0 saturated heterocycles. The van der Waals surface area contributed by atoms with Crippen LogP contribution in [0.2, 0.25) is 0 Å². The molecule has 1 amide bonds.